The monoisotopic (exact) mass is 533 g/mol. The summed E-state index contributed by atoms with van der Waals surface area (Å²) in [6.07, 6.45) is 1.08. The van der Waals surface area contributed by atoms with Gasteiger partial charge in [0.2, 0.25) is 5.43 Å². The van der Waals surface area contributed by atoms with E-state index in [4.69, 9.17) is 0 Å². The molecule has 0 aliphatic carbocycles. The summed E-state index contributed by atoms with van der Waals surface area (Å²) >= 11 is 3.34. The van der Waals surface area contributed by atoms with Gasteiger partial charge in [0.25, 0.3) is 5.91 Å². The predicted octanol–water partition coefficient (Wildman–Crippen LogP) is 4.11. The van der Waals surface area contributed by atoms with Crippen LogP contribution in [0.15, 0.2) is 45.8 Å². The van der Waals surface area contributed by atoms with Crippen LogP contribution in [0.25, 0.3) is 10.9 Å². The summed E-state index contributed by atoms with van der Waals surface area (Å²) in [7, 11) is 0. The number of anilines is 1. The lowest BCUT2D eigenvalue weighted by atomic mass is 10.1. The Morgan fingerprint density at radius 2 is 1.85 bits per heavy atom. The number of carbonyl (C=O) groups excluding carboxylic acids is 1. The van der Waals surface area contributed by atoms with E-state index in [0.29, 0.717) is 5.56 Å². The van der Waals surface area contributed by atoms with Gasteiger partial charge < -0.3 is 19.5 Å². The Morgan fingerprint density at radius 3 is 2.44 bits per heavy atom. The number of aromatic nitrogens is 1. The van der Waals surface area contributed by atoms with Gasteiger partial charge in [0, 0.05) is 48.5 Å². The molecular weight excluding hydrogens is 512 g/mol. The van der Waals surface area contributed by atoms with Gasteiger partial charge in [-0.25, -0.2) is 13.6 Å². The molecule has 0 saturated carbocycles. The molecule has 0 bridgehead atoms. The van der Waals surface area contributed by atoms with E-state index in [-0.39, 0.29) is 54.7 Å². The van der Waals surface area contributed by atoms with Gasteiger partial charge in [0.15, 0.2) is 5.82 Å². The molecule has 0 spiro atoms. The number of benzene rings is 2. The summed E-state index contributed by atoms with van der Waals surface area (Å²) in [6.45, 7) is 4.30. The number of aromatic carboxylic acids is 1. The largest absolute Gasteiger partial charge is 0.477 e. The number of rotatable bonds is 4. The summed E-state index contributed by atoms with van der Waals surface area (Å²) in [4.78, 5) is 40.1. The summed E-state index contributed by atoms with van der Waals surface area (Å²) in [5.41, 5.74) is -1.40. The third-order valence-corrected chi connectivity index (χ3v) is 6.63. The number of carboxylic acids is 1. The highest BCUT2D eigenvalue weighted by Gasteiger charge is 2.32. The van der Waals surface area contributed by atoms with Crippen molar-refractivity contribution >= 4 is 44.4 Å². The molecule has 1 atom stereocenters. The van der Waals surface area contributed by atoms with Crippen molar-refractivity contribution in [2.75, 3.05) is 24.5 Å². The molecule has 2 aromatic carbocycles. The van der Waals surface area contributed by atoms with Crippen LogP contribution in [0.3, 0.4) is 0 Å². The molecule has 34 heavy (non-hydrogen) atoms. The van der Waals surface area contributed by atoms with E-state index in [2.05, 4.69) is 15.9 Å². The molecule has 4 rings (SSSR count). The first kappa shape index (κ1) is 23.9. The zero-order chi connectivity index (χ0) is 24.7. The minimum atomic E-state index is -1.46. The van der Waals surface area contributed by atoms with E-state index < -0.39 is 28.6 Å². The Bertz CT molecular complexity index is 1360. The number of halogens is 3. The third kappa shape index (κ3) is 4.06. The van der Waals surface area contributed by atoms with Crippen LogP contribution >= 0.6 is 15.9 Å². The molecule has 1 fully saturated rings. The number of fused-ring (bicyclic) bond motifs is 1. The second kappa shape index (κ2) is 9.17. The Hall–Kier alpha value is -3.27. The molecule has 10 heteroatoms. The van der Waals surface area contributed by atoms with Crippen molar-refractivity contribution in [1.82, 2.24) is 9.47 Å². The van der Waals surface area contributed by atoms with Crippen molar-refractivity contribution in [1.29, 1.82) is 0 Å². The second-order valence-electron chi connectivity index (χ2n) is 8.18. The van der Waals surface area contributed by atoms with Gasteiger partial charge in [-0.2, -0.15) is 0 Å². The second-order valence-corrected chi connectivity index (χ2v) is 9.10. The Morgan fingerprint density at radius 1 is 1.18 bits per heavy atom. The van der Waals surface area contributed by atoms with Crippen molar-refractivity contribution in [3.05, 3.63) is 74.0 Å². The lowest BCUT2D eigenvalue weighted by Gasteiger charge is -2.41. The molecule has 1 unspecified atom stereocenters. The molecule has 178 valence electrons. The first-order valence-electron chi connectivity index (χ1n) is 10.7. The zero-order valence-electron chi connectivity index (χ0n) is 18.5. The Balaban J connectivity index is 1.70. The van der Waals surface area contributed by atoms with Crippen LogP contribution in [0, 0.1) is 11.6 Å². The number of hydrogen-bond acceptors (Lipinski definition) is 4. The van der Waals surface area contributed by atoms with Gasteiger partial charge in [0.05, 0.1) is 10.9 Å². The minimum absolute atomic E-state index is 0.144. The van der Waals surface area contributed by atoms with Crippen molar-refractivity contribution in [2.24, 2.45) is 0 Å². The number of aryl methyl sites for hydroxylation is 1. The van der Waals surface area contributed by atoms with Crippen LogP contribution < -0.4 is 10.3 Å². The maximum atomic E-state index is 15.7. The molecule has 7 nitrogen and oxygen atoms in total. The molecule has 3 aromatic rings. The SMILES string of the molecule is CCn1cc(C(=O)O)c(=O)c2cc(F)c(N3CCN(C(=O)c4ccc(Br)cc4)C(C)C3)c(F)c21. The predicted molar refractivity (Wildman–Crippen MR) is 128 cm³/mol. The van der Waals surface area contributed by atoms with Crippen LogP contribution in [0.4, 0.5) is 14.5 Å². The molecule has 1 aromatic heterocycles. The van der Waals surface area contributed by atoms with Crippen molar-refractivity contribution < 1.29 is 23.5 Å². The fourth-order valence-electron chi connectivity index (χ4n) is 4.39. The average Bonchev–Trinajstić information content (AvgIpc) is 2.79. The van der Waals surface area contributed by atoms with Gasteiger partial charge in [-0.3, -0.25) is 9.59 Å². The number of carboxylic acid groups (broad SMARTS) is 1. The van der Waals surface area contributed by atoms with E-state index in [0.717, 1.165) is 16.7 Å². The van der Waals surface area contributed by atoms with Crippen molar-refractivity contribution in [3.63, 3.8) is 0 Å². The van der Waals surface area contributed by atoms with Crippen molar-refractivity contribution in [2.45, 2.75) is 26.4 Å². The first-order chi connectivity index (χ1) is 16.1. The molecule has 1 aliphatic heterocycles. The highest BCUT2D eigenvalue weighted by atomic mass is 79.9. The number of hydrogen-bond donors (Lipinski definition) is 1. The fourth-order valence-corrected chi connectivity index (χ4v) is 4.65. The van der Waals surface area contributed by atoms with Gasteiger partial charge in [-0.05, 0) is 44.2 Å². The quantitative estimate of drug-likeness (QED) is 0.545. The van der Waals surface area contributed by atoms with Crippen LogP contribution in [-0.2, 0) is 6.54 Å². The molecule has 0 radical (unpaired) electrons. The highest BCUT2D eigenvalue weighted by molar-refractivity contribution is 9.10. The van der Waals surface area contributed by atoms with Crippen LogP contribution in [0.5, 0.6) is 0 Å². The number of pyridine rings is 1. The summed E-state index contributed by atoms with van der Waals surface area (Å²) in [6, 6.07) is 7.54. The van der Waals surface area contributed by atoms with Crippen LogP contribution in [0.2, 0.25) is 0 Å². The standard InChI is InChI=1S/C24H22BrF2N3O4/c1-3-28-12-17(24(33)34)22(31)16-10-18(26)21(19(27)20(16)28)29-8-9-30(13(2)11-29)23(32)14-4-6-15(25)7-5-14/h4-7,10,12-13H,3,8-9,11H2,1-2H3,(H,33,34). The Labute approximate surface area is 202 Å². The van der Waals surface area contributed by atoms with Gasteiger partial charge in [0.1, 0.15) is 17.1 Å². The molecular formula is C24H22BrF2N3O4. The van der Waals surface area contributed by atoms with Gasteiger partial charge >= 0.3 is 5.97 Å². The topological polar surface area (TPSA) is 82.8 Å². The van der Waals surface area contributed by atoms with Crippen LogP contribution in [0.1, 0.15) is 34.6 Å². The van der Waals surface area contributed by atoms with E-state index in [1.807, 2.05) is 0 Å². The maximum absolute atomic E-state index is 15.7. The highest BCUT2D eigenvalue weighted by Crippen LogP contribution is 2.32. The molecule has 1 saturated heterocycles. The van der Waals surface area contributed by atoms with Gasteiger partial charge in [-0.15, -0.1) is 0 Å². The number of piperazine rings is 1. The molecule has 2 heterocycles. The van der Waals surface area contributed by atoms with Crippen LogP contribution in [-0.4, -0.2) is 52.1 Å². The fraction of sp³-hybridized carbons (Fsp3) is 0.292. The summed E-state index contributed by atoms with van der Waals surface area (Å²) in [5.74, 6) is -3.50. The maximum Gasteiger partial charge on any atom is 0.341 e. The van der Waals surface area contributed by atoms with E-state index in [1.54, 1.807) is 43.0 Å². The molecule has 1 amide bonds. The lowest BCUT2D eigenvalue weighted by Crippen LogP contribution is -2.54. The normalized spacial score (nSPS) is 16.2. The molecule has 1 N–H and O–H groups in total. The van der Waals surface area contributed by atoms with Gasteiger partial charge in [-0.1, -0.05) is 15.9 Å². The van der Waals surface area contributed by atoms with E-state index in [9.17, 15) is 19.5 Å². The van der Waals surface area contributed by atoms with Crippen molar-refractivity contribution in [3.8, 4) is 0 Å². The molecule has 1 aliphatic rings. The number of amides is 1. The summed E-state index contributed by atoms with van der Waals surface area (Å²) < 4.78 is 33.0. The third-order valence-electron chi connectivity index (χ3n) is 6.10. The summed E-state index contributed by atoms with van der Waals surface area (Å²) in [5, 5.41) is 8.97. The smallest absolute Gasteiger partial charge is 0.341 e. The van der Waals surface area contributed by atoms with E-state index in [1.165, 1.54) is 9.47 Å². The minimum Gasteiger partial charge on any atom is -0.477 e. The van der Waals surface area contributed by atoms with E-state index >= 15 is 8.78 Å². The first-order valence-corrected chi connectivity index (χ1v) is 11.5. The number of carbonyl (C=O) groups is 2. The Kier molecular flexibility index (Phi) is 6.44. The number of nitrogens with zero attached hydrogens (tertiary/aromatic N) is 3. The zero-order valence-corrected chi connectivity index (χ0v) is 20.1. The lowest BCUT2D eigenvalue weighted by molar-refractivity contribution is 0.0670. The average molecular weight is 534 g/mol.